The average Bonchev–Trinajstić information content (AvgIpc) is 2.88. The number of Topliss-reactive ketones (excluding diaryl/α,β-unsaturated/α-hetero) is 1. The summed E-state index contributed by atoms with van der Waals surface area (Å²) in [6.07, 6.45) is -0.733. The van der Waals surface area contributed by atoms with Crippen molar-refractivity contribution in [3.8, 4) is 0 Å². The van der Waals surface area contributed by atoms with Crippen LogP contribution < -0.4 is 0 Å². The van der Waals surface area contributed by atoms with E-state index in [0.29, 0.717) is 0 Å². The van der Waals surface area contributed by atoms with Crippen LogP contribution in [0.5, 0.6) is 0 Å². The molecular weight excluding hydrogens is 294 g/mol. The number of rotatable bonds is 3. The molecule has 22 heavy (non-hydrogen) atoms. The number of nitrogens with zero attached hydrogens (tertiary/aromatic N) is 1. The maximum atomic E-state index is 12.2. The zero-order valence-corrected chi connectivity index (χ0v) is 13.4. The monoisotopic (exact) mass is 315 g/mol. The standard InChI is InChI=1S/C14H21NO7/c1-14(2,3)22-13(19)15-7-8(10(16)12(18)21-5)6-9(15)11(17)20-4/h8-9H,6-7H2,1-5H3. The van der Waals surface area contributed by atoms with Gasteiger partial charge < -0.3 is 14.2 Å². The Morgan fingerprint density at radius 3 is 2.09 bits per heavy atom. The van der Waals surface area contributed by atoms with Crippen LogP contribution in [-0.2, 0) is 28.6 Å². The van der Waals surface area contributed by atoms with E-state index in [1.54, 1.807) is 20.8 Å². The molecular formula is C14H21NO7. The number of amides is 1. The van der Waals surface area contributed by atoms with E-state index in [9.17, 15) is 19.2 Å². The lowest BCUT2D eigenvalue weighted by molar-refractivity contribution is -0.153. The van der Waals surface area contributed by atoms with Gasteiger partial charge in [-0.1, -0.05) is 0 Å². The van der Waals surface area contributed by atoms with Gasteiger partial charge in [-0.15, -0.1) is 0 Å². The fraction of sp³-hybridized carbons (Fsp3) is 0.714. The fourth-order valence-corrected chi connectivity index (χ4v) is 2.17. The van der Waals surface area contributed by atoms with Crippen molar-refractivity contribution in [3.63, 3.8) is 0 Å². The Kier molecular flexibility index (Phi) is 5.51. The second kappa shape index (κ2) is 6.76. The van der Waals surface area contributed by atoms with E-state index in [1.807, 2.05) is 0 Å². The fourth-order valence-electron chi connectivity index (χ4n) is 2.17. The molecule has 1 amide bonds. The smallest absolute Gasteiger partial charge is 0.411 e. The molecule has 1 fully saturated rings. The SMILES string of the molecule is COC(=O)C(=O)C1CC(C(=O)OC)N(C(=O)OC(C)(C)C)C1. The van der Waals surface area contributed by atoms with Crippen molar-refractivity contribution in [3.05, 3.63) is 0 Å². The predicted octanol–water partition coefficient (Wildman–Crippen LogP) is 0.527. The molecule has 0 bridgehead atoms. The molecule has 1 saturated heterocycles. The third-order valence-corrected chi connectivity index (χ3v) is 3.16. The average molecular weight is 315 g/mol. The van der Waals surface area contributed by atoms with Crippen LogP contribution in [0.25, 0.3) is 0 Å². The van der Waals surface area contributed by atoms with Crippen molar-refractivity contribution in [1.82, 2.24) is 4.90 Å². The van der Waals surface area contributed by atoms with E-state index >= 15 is 0 Å². The number of likely N-dealkylation sites (tertiary alicyclic amines) is 1. The maximum Gasteiger partial charge on any atom is 0.411 e. The third-order valence-electron chi connectivity index (χ3n) is 3.16. The number of methoxy groups -OCH3 is 2. The molecule has 0 aromatic rings. The second-order valence-electron chi connectivity index (χ2n) is 5.96. The molecule has 0 spiro atoms. The van der Waals surface area contributed by atoms with Crippen molar-refractivity contribution >= 4 is 23.8 Å². The van der Waals surface area contributed by atoms with Gasteiger partial charge in [-0.3, -0.25) is 9.69 Å². The maximum absolute atomic E-state index is 12.2. The van der Waals surface area contributed by atoms with Crippen LogP contribution in [0.2, 0.25) is 0 Å². The van der Waals surface area contributed by atoms with Crippen LogP contribution in [0.15, 0.2) is 0 Å². The van der Waals surface area contributed by atoms with Gasteiger partial charge in [0.05, 0.1) is 14.2 Å². The van der Waals surface area contributed by atoms with Gasteiger partial charge in [0, 0.05) is 12.5 Å². The van der Waals surface area contributed by atoms with E-state index in [-0.39, 0.29) is 13.0 Å². The zero-order valence-electron chi connectivity index (χ0n) is 13.4. The van der Waals surface area contributed by atoms with Crippen LogP contribution in [0, 0.1) is 5.92 Å². The lowest BCUT2D eigenvalue weighted by atomic mass is 10.0. The summed E-state index contributed by atoms with van der Waals surface area (Å²) in [6.45, 7) is 4.96. The summed E-state index contributed by atoms with van der Waals surface area (Å²) in [4.78, 5) is 48.3. The molecule has 0 saturated carbocycles. The molecule has 0 aromatic heterocycles. The molecule has 0 radical (unpaired) electrons. The number of hydrogen-bond donors (Lipinski definition) is 0. The third kappa shape index (κ3) is 4.19. The molecule has 0 aliphatic carbocycles. The molecule has 8 nitrogen and oxygen atoms in total. The minimum atomic E-state index is -1.00. The zero-order chi connectivity index (χ0) is 17.1. The van der Waals surface area contributed by atoms with Gasteiger partial charge in [0.15, 0.2) is 0 Å². The quantitative estimate of drug-likeness (QED) is 0.425. The number of hydrogen-bond acceptors (Lipinski definition) is 7. The molecule has 1 rings (SSSR count). The second-order valence-corrected chi connectivity index (χ2v) is 5.96. The highest BCUT2D eigenvalue weighted by Gasteiger charge is 2.46. The highest BCUT2D eigenvalue weighted by Crippen LogP contribution is 2.27. The van der Waals surface area contributed by atoms with E-state index in [2.05, 4.69) is 9.47 Å². The molecule has 1 aliphatic rings. The molecule has 8 heteroatoms. The van der Waals surface area contributed by atoms with Crippen molar-refractivity contribution in [2.45, 2.75) is 38.8 Å². The largest absolute Gasteiger partial charge is 0.467 e. The van der Waals surface area contributed by atoms with Crippen molar-refractivity contribution < 1.29 is 33.4 Å². The first-order chi connectivity index (χ1) is 10.1. The number of esters is 2. The molecule has 0 N–H and O–H groups in total. The predicted molar refractivity (Wildman–Crippen MR) is 73.9 cm³/mol. The molecule has 1 heterocycles. The summed E-state index contributed by atoms with van der Waals surface area (Å²) in [5.41, 5.74) is -0.748. The topological polar surface area (TPSA) is 99.2 Å². The van der Waals surface area contributed by atoms with Crippen LogP contribution in [0.1, 0.15) is 27.2 Å². The van der Waals surface area contributed by atoms with Crippen LogP contribution in [-0.4, -0.2) is 61.1 Å². The van der Waals surface area contributed by atoms with E-state index in [4.69, 9.17) is 4.74 Å². The Morgan fingerprint density at radius 1 is 1.05 bits per heavy atom. The summed E-state index contributed by atoms with van der Waals surface area (Å²) >= 11 is 0. The van der Waals surface area contributed by atoms with Gasteiger partial charge in [0.25, 0.3) is 0 Å². The lowest BCUT2D eigenvalue weighted by Gasteiger charge is -2.27. The molecule has 2 unspecified atom stereocenters. The Morgan fingerprint density at radius 2 is 1.64 bits per heavy atom. The normalized spacial score (nSPS) is 21.2. The first-order valence-electron chi connectivity index (χ1n) is 6.80. The van der Waals surface area contributed by atoms with Gasteiger partial charge in [-0.05, 0) is 27.2 Å². The molecule has 124 valence electrons. The van der Waals surface area contributed by atoms with Crippen molar-refractivity contribution in [1.29, 1.82) is 0 Å². The van der Waals surface area contributed by atoms with Crippen LogP contribution >= 0.6 is 0 Å². The first kappa shape index (κ1) is 17.9. The van der Waals surface area contributed by atoms with Crippen molar-refractivity contribution in [2.24, 2.45) is 5.92 Å². The minimum absolute atomic E-state index is 0.000149. The number of carbonyl (C=O) groups excluding carboxylic acids is 4. The Bertz CT molecular complexity index is 480. The molecule has 0 aromatic carbocycles. The van der Waals surface area contributed by atoms with Gasteiger partial charge in [0.1, 0.15) is 11.6 Å². The Balaban J connectivity index is 2.93. The van der Waals surface area contributed by atoms with Gasteiger partial charge in [-0.25, -0.2) is 14.4 Å². The summed E-state index contributed by atoms with van der Waals surface area (Å²) in [5.74, 6) is -3.25. The van der Waals surface area contributed by atoms with E-state index in [0.717, 1.165) is 12.0 Å². The Hall–Kier alpha value is -2.12. The first-order valence-corrected chi connectivity index (χ1v) is 6.80. The highest BCUT2D eigenvalue weighted by molar-refractivity contribution is 6.34. The summed E-state index contributed by atoms with van der Waals surface area (Å²) < 4.78 is 14.2. The van der Waals surface area contributed by atoms with Gasteiger partial charge in [0.2, 0.25) is 5.78 Å². The number of ether oxygens (including phenoxy) is 3. The van der Waals surface area contributed by atoms with E-state index in [1.165, 1.54) is 7.11 Å². The summed E-state index contributed by atoms with van der Waals surface area (Å²) in [5, 5.41) is 0. The number of ketones is 1. The van der Waals surface area contributed by atoms with Gasteiger partial charge >= 0.3 is 18.0 Å². The van der Waals surface area contributed by atoms with Crippen LogP contribution in [0.3, 0.4) is 0 Å². The van der Waals surface area contributed by atoms with Crippen LogP contribution in [0.4, 0.5) is 4.79 Å². The highest BCUT2D eigenvalue weighted by atomic mass is 16.6. The lowest BCUT2D eigenvalue weighted by Crippen LogP contribution is -2.44. The Labute approximate surface area is 128 Å². The molecule has 2 atom stereocenters. The van der Waals surface area contributed by atoms with E-state index < -0.39 is 41.4 Å². The molecule has 1 aliphatic heterocycles. The summed E-state index contributed by atoms with van der Waals surface area (Å²) in [7, 11) is 2.28. The minimum Gasteiger partial charge on any atom is -0.467 e. The van der Waals surface area contributed by atoms with Crippen molar-refractivity contribution in [2.75, 3.05) is 20.8 Å². The number of carbonyl (C=O) groups is 4. The summed E-state index contributed by atoms with van der Waals surface area (Å²) in [6, 6.07) is -0.960. The van der Waals surface area contributed by atoms with Gasteiger partial charge in [-0.2, -0.15) is 0 Å².